The summed E-state index contributed by atoms with van der Waals surface area (Å²) in [6.45, 7) is -0.0499. The van der Waals surface area contributed by atoms with Gasteiger partial charge in [-0.25, -0.2) is 4.79 Å². The number of rotatable bonds is 11. The van der Waals surface area contributed by atoms with E-state index in [9.17, 15) is 9.59 Å². The molecule has 0 unspecified atom stereocenters. The predicted molar refractivity (Wildman–Crippen MR) is 110 cm³/mol. The molecule has 2 aromatic carbocycles. The van der Waals surface area contributed by atoms with E-state index >= 15 is 0 Å². The summed E-state index contributed by atoms with van der Waals surface area (Å²) in [5.74, 6) is -1.29. The third-order valence-electron chi connectivity index (χ3n) is 3.66. The fraction of sp³-hybridized carbons (Fsp3) is 0.300. The van der Waals surface area contributed by atoms with Gasteiger partial charge in [-0.3, -0.25) is 4.79 Å². The smallest absolute Gasteiger partial charge is 0.346 e. The monoisotopic (exact) mass is 441 g/mol. The second kappa shape index (κ2) is 12.3. The van der Waals surface area contributed by atoms with Gasteiger partial charge < -0.3 is 24.3 Å². The van der Waals surface area contributed by atoms with Crippen molar-refractivity contribution in [3.63, 3.8) is 0 Å². The molecule has 0 saturated carbocycles. The molecule has 0 aliphatic heterocycles. The van der Waals surface area contributed by atoms with Crippen LogP contribution in [0, 0.1) is 0 Å². The van der Waals surface area contributed by atoms with Crippen molar-refractivity contribution in [2.24, 2.45) is 0 Å². The van der Waals surface area contributed by atoms with Crippen molar-refractivity contribution in [2.45, 2.75) is 6.42 Å². The lowest BCUT2D eigenvalue weighted by molar-refractivity contribution is -0.167. The number of carbonyl (C=O) groups excluding carboxylic acids is 2. The van der Waals surface area contributed by atoms with Crippen molar-refractivity contribution >= 4 is 46.5 Å². The van der Waals surface area contributed by atoms with Crippen molar-refractivity contribution in [2.75, 3.05) is 39.0 Å². The van der Waals surface area contributed by atoms with Gasteiger partial charge in [0.25, 0.3) is 0 Å². The highest BCUT2D eigenvalue weighted by molar-refractivity contribution is 6.39. The summed E-state index contributed by atoms with van der Waals surface area (Å²) in [5.41, 5.74) is 1.84. The maximum Gasteiger partial charge on any atom is 0.346 e. The summed E-state index contributed by atoms with van der Waals surface area (Å²) in [5, 5.41) is 4.03. The quantitative estimate of drug-likeness (QED) is 0.320. The minimum atomic E-state index is -0.704. The van der Waals surface area contributed by atoms with Crippen LogP contribution in [-0.4, -0.2) is 45.7 Å². The van der Waals surface area contributed by atoms with Gasteiger partial charge in [0.1, 0.15) is 0 Å². The van der Waals surface area contributed by atoms with Gasteiger partial charge in [-0.05, 0) is 23.8 Å². The largest absolute Gasteiger partial charge is 0.453 e. The van der Waals surface area contributed by atoms with Crippen LogP contribution >= 0.6 is 23.2 Å². The Morgan fingerprint density at radius 1 is 0.931 bits per heavy atom. The van der Waals surface area contributed by atoms with E-state index in [2.05, 4.69) is 5.32 Å². The number of halogens is 2. The number of hydrogen-bond acceptors (Lipinski definition) is 7. The highest BCUT2D eigenvalue weighted by Crippen LogP contribution is 2.33. The van der Waals surface area contributed by atoms with Gasteiger partial charge in [0.05, 0.1) is 35.4 Å². The van der Waals surface area contributed by atoms with Gasteiger partial charge in [0.15, 0.2) is 13.4 Å². The lowest BCUT2D eigenvalue weighted by Crippen LogP contribution is -2.19. The molecule has 2 rings (SSSR count). The van der Waals surface area contributed by atoms with Crippen molar-refractivity contribution < 1.29 is 28.5 Å². The number of carbonyl (C=O) groups is 2. The zero-order valence-corrected chi connectivity index (χ0v) is 17.3. The van der Waals surface area contributed by atoms with Crippen molar-refractivity contribution in [3.05, 3.63) is 58.1 Å². The molecule has 29 heavy (non-hydrogen) atoms. The lowest BCUT2D eigenvalue weighted by atomic mass is 10.1. The van der Waals surface area contributed by atoms with Gasteiger partial charge in [-0.2, -0.15) is 0 Å². The standard InChI is InChI=1S/C20H21Cl2NO6/c1-26-9-10-27-13-29-19(25)12-28-18(24)11-14-5-2-3-8-17(14)23-20-15(21)6-4-7-16(20)22/h2-8,23H,9-13H2,1H3. The number of esters is 2. The molecule has 156 valence electrons. The van der Waals surface area contributed by atoms with Crippen LogP contribution in [0.4, 0.5) is 11.4 Å². The lowest BCUT2D eigenvalue weighted by Gasteiger charge is -2.14. The fourth-order valence-corrected chi connectivity index (χ4v) is 2.74. The molecule has 1 N–H and O–H groups in total. The molecule has 0 atom stereocenters. The Morgan fingerprint density at radius 2 is 1.66 bits per heavy atom. The maximum atomic E-state index is 12.1. The van der Waals surface area contributed by atoms with Crippen LogP contribution in [0.5, 0.6) is 0 Å². The molecule has 7 nitrogen and oxygen atoms in total. The number of methoxy groups -OCH3 is 1. The summed E-state index contributed by atoms with van der Waals surface area (Å²) in [7, 11) is 1.53. The zero-order valence-electron chi connectivity index (χ0n) is 15.8. The highest BCUT2D eigenvalue weighted by atomic mass is 35.5. The van der Waals surface area contributed by atoms with Crippen LogP contribution in [0.15, 0.2) is 42.5 Å². The van der Waals surface area contributed by atoms with E-state index in [4.69, 9.17) is 42.1 Å². The average molecular weight is 442 g/mol. The molecule has 0 fully saturated rings. The molecule has 0 bridgehead atoms. The number of hydrogen-bond donors (Lipinski definition) is 1. The first-order chi connectivity index (χ1) is 14.0. The number of nitrogens with one attached hydrogen (secondary N) is 1. The Kier molecular flexibility index (Phi) is 9.73. The maximum absolute atomic E-state index is 12.1. The Bertz CT molecular complexity index is 810. The molecule has 0 amide bonds. The van der Waals surface area contributed by atoms with Gasteiger partial charge in [0, 0.05) is 12.8 Å². The van der Waals surface area contributed by atoms with Crippen LogP contribution in [0.2, 0.25) is 10.0 Å². The molecule has 0 aliphatic carbocycles. The second-order valence-electron chi connectivity index (χ2n) is 5.75. The molecule has 0 radical (unpaired) electrons. The molecular weight excluding hydrogens is 421 g/mol. The topological polar surface area (TPSA) is 83.1 Å². The molecule has 9 heteroatoms. The minimum absolute atomic E-state index is 0.0527. The second-order valence-corrected chi connectivity index (χ2v) is 6.57. The van der Waals surface area contributed by atoms with Crippen LogP contribution in [-0.2, 0) is 35.0 Å². The zero-order chi connectivity index (χ0) is 21.1. The third-order valence-corrected chi connectivity index (χ3v) is 4.29. The average Bonchev–Trinajstić information content (AvgIpc) is 2.70. The summed E-state index contributed by atoms with van der Waals surface area (Å²) < 4.78 is 19.5. The fourth-order valence-electron chi connectivity index (χ4n) is 2.24. The molecule has 0 saturated heterocycles. The molecular formula is C20H21Cl2NO6. The number of para-hydroxylation sites is 2. The number of benzene rings is 2. The first-order valence-corrected chi connectivity index (χ1v) is 9.43. The molecule has 0 aromatic heterocycles. The molecule has 2 aromatic rings. The van der Waals surface area contributed by atoms with Crippen molar-refractivity contribution in [1.29, 1.82) is 0 Å². The first kappa shape index (κ1) is 23.0. The van der Waals surface area contributed by atoms with Crippen LogP contribution in [0.3, 0.4) is 0 Å². The summed E-state index contributed by atoms with van der Waals surface area (Å²) in [4.78, 5) is 23.7. The molecule has 0 heterocycles. The van der Waals surface area contributed by atoms with E-state index in [0.717, 1.165) is 0 Å². The Balaban J connectivity index is 1.87. The van der Waals surface area contributed by atoms with Crippen molar-refractivity contribution in [1.82, 2.24) is 0 Å². The van der Waals surface area contributed by atoms with Crippen LogP contribution in [0.25, 0.3) is 0 Å². The van der Waals surface area contributed by atoms with Gasteiger partial charge in [0.2, 0.25) is 0 Å². The normalized spacial score (nSPS) is 10.4. The number of ether oxygens (including phenoxy) is 4. The van der Waals surface area contributed by atoms with E-state index in [1.807, 2.05) is 6.07 Å². The number of anilines is 2. The molecule has 0 spiro atoms. The van der Waals surface area contributed by atoms with E-state index in [1.165, 1.54) is 7.11 Å². The highest BCUT2D eigenvalue weighted by Gasteiger charge is 2.14. The van der Waals surface area contributed by atoms with Gasteiger partial charge >= 0.3 is 11.9 Å². The van der Waals surface area contributed by atoms with Gasteiger partial charge in [-0.1, -0.05) is 47.5 Å². The van der Waals surface area contributed by atoms with Crippen LogP contribution in [0.1, 0.15) is 5.56 Å². The predicted octanol–water partition coefficient (Wildman–Crippen LogP) is 3.99. The van der Waals surface area contributed by atoms with E-state index in [0.29, 0.717) is 40.2 Å². The van der Waals surface area contributed by atoms with E-state index in [-0.39, 0.29) is 13.2 Å². The minimum Gasteiger partial charge on any atom is -0.453 e. The van der Waals surface area contributed by atoms with Crippen LogP contribution < -0.4 is 5.32 Å². The summed E-state index contributed by atoms with van der Waals surface area (Å²) in [6, 6.07) is 12.3. The third kappa shape index (κ3) is 7.91. The summed E-state index contributed by atoms with van der Waals surface area (Å²) >= 11 is 12.4. The SMILES string of the molecule is COCCOCOC(=O)COC(=O)Cc1ccccc1Nc1c(Cl)cccc1Cl. The van der Waals surface area contributed by atoms with Gasteiger partial charge in [-0.15, -0.1) is 0 Å². The van der Waals surface area contributed by atoms with E-state index < -0.39 is 18.5 Å². The Labute approximate surface area is 178 Å². The summed E-state index contributed by atoms with van der Waals surface area (Å²) in [6.07, 6.45) is -0.0527. The van der Waals surface area contributed by atoms with E-state index in [1.54, 1.807) is 36.4 Å². The Morgan fingerprint density at radius 3 is 2.38 bits per heavy atom. The first-order valence-electron chi connectivity index (χ1n) is 8.68. The molecule has 0 aliphatic rings. The van der Waals surface area contributed by atoms with Crippen molar-refractivity contribution in [3.8, 4) is 0 Å². The Hall–Kier alpha value is -2.32.